The van der Waals surface area contributed by atoms with Gasteiger partial charge in [0.05, 0.1) is 12.2 Å². The Labute approximate surface area is 137 Å². The quantitative estimate of drug-likeness (QED) is 0.923. The molecule has 2 aromatic carbocycles. The van der Waals surface area contributed by atoms with Gasteiger partial charge in [-0.1, -0.05) is 42.5 Å². The number of nitrogens with one attached hydrogen (secondary N) is 1. The van der Waals surface area contributed by atoms with Gasteiger partial charge in [-0.05, 0) is 30.5 Å². The second-order valence-corrected chi connectivity index (χ2v) is 5.72. The van der Waals surface area contributed by atoms with E-state index in [1.165, 1.54) is 5.56 Å². The molecule has 4 nitrogen and oxygen atoms in total. The molecular weight excluding hydrogens is 288 g/mol. The van der Waals surface area contributed by atoms with Crippen LogP contribution in [0, 0.1) is 0 Å². The molecule has 23 heavy (non-hydrogen) atoms. The zero-order valence-electron chi connectivity index (χ0n) is 13.4. The lowest BCUT2D eigenvalue weighted by Crippen LogP contribution is -2.48. The van der Waals surface area contributed by atoms with Crippen LogP contribution in [0.4, 0.5) is 5.69 Å². The first-order valence-corrected chi connectivity index (χ1v) is 8.04. The number of benzene rings is 2. The molecule has 4 heteroatoms. The fourth-order valence-corrected chi connectivity index (χ4v) is 2.93. The van der Waals surface area contributed by atoms with E-state index in [1.54, 1.807) is 7.05 Å². The molecule has 1 atom stereocenters. The fraction of sp³-hybridized carbons (Fsp3) is 0.316. The highest BCUT2D eigenvalue weighted by Gasteiger charge is 2.29. The minimum atomic E-state index is -0.452. The van der Waals surface area contributed by atoms with E-state index in [0.717, 1.165) is 30.8 Å². The molecule has 0 aliphatic carbocycles. The predicted octanol–water partition coefficient (Wildman–Crippen LogP) is 2.63. The third-order valence-electron chi connectivity index (χ3n) is 4.14. The summed E-state index contributed by atoms with van der Waals surface area (Å²) in [6.45, 7) is 1.49. The minimum Gasteiger partial charge on any atom is -0.477 e. The number of carbonyl (C=O) groups is 1. The molecule has 1 aliphatic heterocycles. The van der Waals surface area contributed by atoms with Crippen molar-refractivity contribution in [2.24, 2.45) is 0 Å². The van der Waals surface area contributed by atoms with E-state index in [-0.39, 0.29) is 5.91 Å². The van der Waals surface area contributed by atoms with Crippen LogP contribution >= 0.6 is 0 Å². The number of carbonyl (C=O) groups excluding carboxylic acids is 1. The highest BCUT2D eigenvalue weighted by molar-refractivity contribution is 5.83. The normalized spacial score (nSPS) is 16.4. The molecule has 0 saturated carbocycles. The minimum absolute atomic E-state index is 0.0763. The number of amides is 1. The van der Waals surface area contributed by atoms with Crippen molar-refractivity contribution in [3.63, 3.8) is 0 Å². The number of ether oxygens (including phenoxy) is 1. The Kier molecular flexibility index (Phi) is 4.81. The zero-order valence-corrected chi connectivity index (χ0v) is 13.4. The van der Waals surface area contributed by atoms with E-state index in [1.807, 2.05) is 24.3 Å². The number of hydrogen-bond donors (Lipinski definition) is 1. The van der Waals surface area contributed by atoms with Crippen LogP contribution in [-0.4, -0.2) is 32.1 Å². The summed E-state index contributed by atoms with van der Waals surface area (Å²) in [4.78, 5) is 14.2. The predicted molar refractivity (Wildman–Crippen MR) is 91.9 cm³/mol. The molecule has 0 fully saturated rings. The van der Waals surface area contributed by atoms with Crippen LogP contribution in [-0.2, 0) is 11.2 Å². The van der Waals surface area contributed by atoms with Crippen molar-refractivity contribution in [1.82, 2.24) is 5.32 Å². The molecule has 1 heterocycles. The summed E-state index contributed by atoms with van der Waals surface area (Å²) in [5, 5.41) is 2.68. The second kappa shape index (κ2) is 7.18. The summed E-state index contributed by atoms with van der Waals surface area (Å²) >= 11 is 0. The molecule has 0 bridgehead atoms. The largest absolute Gasteiger partial charge is 0.477 e. The van der Waals surface area contributed by atoms with Crippen molar-refractivity contribution in [3.05, 3.63) is 60.2 Å². The summed E-state index contributed by atoms with van der Waals surface area (Å²) in [5.41, 5.74) is 2.41. The molecule has 2 aromatic rings. The summed E-state index contributed by atoms with van der Waals surface area (Å²) < 4.78 is 5.83. The van der Waals surface area contributed by atoms with Gasteiger partial charge in [-0.2, -0.15) is 0 Å². The Morgan fingerprint density at radius 2 is 1.91 bits per heavy atom. The van der Waals surface area contributed by atoms with Crippen LogP contribution in [0.2, 0.25) is 0 Å². The number of rotatable bonds is 5. The lowest BCUT2D eigenvalue weighted by atomic mass is 10.1. The topological polar surface area (TPSA) is 41.6 Å². The smallest absolute Gasteiger partial charge is 0.262 e. The van der Waals surface area contributed by atoms with E-state index in [2.05, 4.69) is 40.5 Å². The monoisotopic (exact) mass is 310 g/mol. The summed E-state index contributed by atoms with van der Waals surface area (Å²) in [5.74, 6) is 0.708. The number of anilines is 1. The maximum Gasteiger partial charge on any atom is 0.262 e. The van der Waals surface area contributed by atoms with Gasteiger partial charge in [-0.25, -0.2) is 0 Å². The number of fused-ring (bicyclic) bond motifs is 1. The van der Waals surface area contributed by atoms with Crippen molar-refractivity contribution in [3.8, 4) is 5.75 Å². The summed E-state index contributed by atoms with van der Waals surface area (Å²) in [7, 11) is 1.64. The van der Waals surface area contributed by atoms with Gasteiger partial charge in [0.1, 0.15) is 5.75 Å². The van der Waals surface area contributed by atoms with Crippen molar-refractivity contribution in [2.45, 2.75) is 18.9 Å². The molecule has 0 saturated heterocycles. The maximum absolute atomic E-state index is 12.0. The number of para-hydroxylation sites is 2. The van der Waals surface area contributed by atoms with Gasteiger partial charge in [-0.15, -0.1) is 0 Å². The SMILES string of the molecule is CNC(=O)C1CN(CCCc2ccccc2)c2ccccc2O1. The first-order valence-electron chi connectivity index (χ1n) is 8.04. The van der Waals surface area contributed by atoms with Crippen molar-refractivity contribution >= 4 is 11.6 Å². The van der Waals surface area contributed by atoms with Crippen LogP contribution in [0.25, 0.3) is 0 Å². The van der Waals surface area contributed by atoms with Crippen molar-refractivity contribution < 1.29 is 9.53 Å². The fourth-order valence-electron chi connectivity index (χ4n) is 2.93. The van der Waals surface area contributed by atoms with Gasteiger partial charge in [0.25, 0.3) is 5.91 Å². The van der Waals surface area contributed by atoms with E-state index in [4.69, 9.17) is 4.74 Å². The maximum atomic E-state index is 12.0. The highest BCUT2D eigenvalue weighted by Crippen LogP contribution is 2.33. The van der Waals surface area contributed by atoms with Crippen molar-refractivity contribution in [2.75, 3.05) is 25.0 Å². The lowest BCUT2D eigenvalue weighted by molar-refractivity contribution is -0.127. The molecule has 3 rings (SSSR count). The van der Waals surface area contributed by atoms with Gasteiger partial charge in [-0.3, -0.25) is 4.79 Å². The van der Waals surface area contributed by atoms with Gasteiger partial charge in [0.15, 0.2) is 6.10 Å². The van der Waals surface area contributed by atoms with Crippen LogP contribution in [0.3, 0.4) is 0 Å². The summed E-state index contributed by atoms with van der Waals surface area (Å²) in [6, 6.07) is 18.4. The molecule has 0 spiro atoms. The van der Waals surface area contributed by atoms with Crippen LogP contribution in [0.5, 0.6) is 5.75 Å². The molecule has 1 amide bonds. The van der Waals surface area contributed by atoms with E-state index >= 15 is 0 Å². The third kappa shape index (κ3) is 3.65. The van der Waals surface area contributed by atoms with Gasteiger partial charge >= 0.3 is 0 Å². The van der Waals surface area contributed by atoms with Crippen LogP contribution in [0.15, 0.2) is 54.6 Å². The number of aryl methyl sites for hydroxylation is 1. The standard InChI is InChI=1S/C19H22N2O2/c1-20-19(22)18-14-21(16-11-5-6-12-17(16)23-18)13-7-10-15-8-3-2-4-9-15/h2-6,8-9,11-12,18H,7,10,13-14H2,1H3,(H,20,22). The third-order valence-corrected chi connectivity index (χ3v) is 4.14. The molecular formula is C19H22N2O2. The van der Waals surface area contributed by atoms with Crippen LogP contribution in [0.1, 0.15) is 12.0 Å². The zero-order chi connectivity index (χ0) is 16.1. The number of hydrogen-bond acceptors (Lipinski definition) is 3. The average Bonchev–Trinajstić information content (AvgIpc) is 2.61. The first-order chi connectivity index (χ1) is 11.3. The Morgan fingerprint density at radius 3 is 2.70 bits per heavy atom. The molecule has 1 N–H and O–H groups in total. The average molecular weight is 310 g/mol. The molecule has 1 unspecified atom stereocenters. The van der Waals surface area contributed by atoms with E-state index in [9.17, 15) is 4.79 Å². The Bertz CT molecular complexity index is 657. The molecule has 120 valence electrons. The van der Waals surface area contributed by atoms with Gasteiger partial charge < -0.3 is 15.0 Å². The summed E-state index contributed by atoms with van der Waals surface area (Å²) in [6.07, 6.45) is 1.62. The first kappa shape index (κ1) is 15.4. The van der Waals surface area contributed by atoms with Gasteiger partial charge in [0, 0.05) is 13.6 Å². The lowest BCUT2D eigenvalue weighted by Gasteiger charge is -2.35. The second-order valence-electron chi connectivity index (χ2n) is 5.72. The molecule has 0 radical (unpaired) electrons. The molecule has 1 aliphatic rings. The number of likely N-dealkylation sites (N-methyl/N-ethyl adjacent to an activating group) is 1. The van der Waals surface area contributed by atoms with Gasteiger partial charge in [0.2, 0.25) is 0 Å². The highest BCUT2D eigenvalue weighted by atomic mass is 16.5. The number of nitrogens with zero attached hydrogens (tertiary/aromatic N) is 1. The Balaban J connectivity index is 1.68. The van der Waals surface area contributed by atoms with Crippen molar-refractivity contribution in [1.29, 1.82) is 0 Å². The van der Waals surface area contributed by atoms with E-state index < -0.39 is 6.10 Å². The Hall–Kier alpha value is -2.49. The Morgan fingerprint density at radius 1 is 1.17 bits per heavy atom. The molecule has 0 aromatic heterocycles. The van der Waals surface area contributed by atoms with Crippen LogP contribution < -0.4 is 15.0 Å². The van der Waals surface area contributed by atoms with E-state index in [0.29, 0.717) is 6.54 Å².